The first-order valence-electron chi connectivity index (χ1n) is 7.40. The number of nitrogens with one attached hydrogen (secondary N) is 2. The molecule has 2 saturated heterocycles. The summed E-state index contributed by atoms with van der Waals surface area (Å²) in [4.78, 5) is 13.9. The number of hydrogen-bond donors (Lipinski definition) is 2. The van der Waals surface area contributed by atoms with Crippen molar-refractivity contribution in [1.29, 1.82) is 0 Å². The van der Waals surface area contributed by atoms with E-state index in [2.05, 4.69) is 10.0 Å². The van der Waals surface area contributed by atoms with Crippen LogP contribution in [0.1, 0.15) is 32.1 Å². The molecule has 2 aliphatic rings. The van der Waals surface area contributed by atoms with Crippen molar-refractivity contribution in [3.8, 4) is 0 Å². The van der Waals surface area contributed by atoms with Crippen LogP contribution in [-0.2, 0) is 14.8 Å². The van der Waals surface area contributed by atoms with Gasteiger partial charge in [-0.3, -0.25) is 4.79 Å². The van der Waals surface area contributed by atoms with Crippen molar-refractivity contribution in [3.63, 3.8) is 0 Å². The van der Waals surface area contributed by atoms with Gasteiger partial charge in [-0.1, -0.05) is 0 Å². The molecule has 2 rings (SSSR count). The predicted octanol–water partition coefficient (Wildman–Crippen LogP) is -0.0837. The van der Waals surface area contributed by atoms with Crippen molar-refractivity contribution in [2.75, 3.05) is 32.4 Å². The molecule has 1 atom stereocenters. The third-order valence-corrected chi connectivity index (χ3v) is 4.91. The van der Waals surface area contributed by atoms with Crippen LogP contribution < -0.4 is 10.0 Å². The highest BCUT2D eigenvalue weighted by molar-refractivity contribution is 7.88. The Morgan fingerprint density at radius 1 is 1.30 bits per heavy atom. The van der Waals surface area contributed by atoms with E-state index in [0.29, 0.717) is 31.8 Å². The van der Waals surface area contributed by atoms with Gasteiger partial charge in [-0.25, -0.2) is 13.1 Å². The zero-order valence-electron chi connectivity index (χ0n) is 12.1. The Hall–Kier alpha value is -0.660. The molecule has 6 nitrogen and oxygen atoms in total. The third-order valence-electron chi connectivity index (χ3n) is 4.15. The summed E-state index contributed by atoms with van der Waals surface area (Å²) in [5, 5.41) is 3.32. The Balaban J connectivity index is 1.71. The van der Waals surface area contributed by atoms with E-state index in [1.807, 2.05) is 0 Å². The molecule has 1 unspecified atom stereocenters. The molecule has 0 aliphatic carbocycles. The highest BCUT2D eigenvalue weighted by Gasteiger charge is 2.28. The first-order valence-corrected chi connectivity index (χ1v) is 9.29. The minimum atomic E-state index is -3.18. The number of piperidine rings is 1. The van der Waals surface area contributed by atoms with Crippen molar-refractivity contribution in [2.45, 2.75) is 38.1 Å². The molecular formula is C13H25N3O3S. The van der Waals surface area contributed by atoms with Crippen LogP contribution in [0.5, 0.6) is 0 Å². The summed E-state index contributed by atoms with van der Waals surface area (Å²) in [6.07, 6.45) is 5.75. The number of sulfonamides is 1. The number of rotatable bonds is 5. The van der Waals surface area contributed by atoms with Crippen molar-refractivity contribution in [1.82, 2.24) is 14.9 Å². The van der Waals surface area contributed by atoms with Crippen LogP contribution in [0.15, 0.2) is 0 Å². The van der Waals surface area contributed by atoms with Gasteiger partial charge >= 0.3 is 0 Å². The zero-order chi connectivity index (χ0) is 14.6. The average Bonchev–Trinajstić information content (AvgIpc) is 2.83. The number of nitrogens with zero attached hydrogens (tertiary/aromatic N) is 1. The monoisotopic (exact) mass is 303 g/mol. The smallest absolute Gasteiger partial charge is 0.222 e. The molecule has 2 aliphatic heterocycles. The lowest BCUT2D eigenvalue weighted by Crippen LogP contribution is -2.38. The number of hydrogen-bond acceptors (Lipinski definition) is 4. The normalized spacial score (nSPS) is 25.1. The van der Waals surface area contributed by atoms with Crippen LogP contribution in [-0.4, -0.2) is 57.7 Å². The predicted molar refractivity (Wildman–Crippen MR) is 77.8 cm³/mol. The van der Waals surface area contributed by atoms with E-state index in [0.717, 1.165) is 38.6 Å². The van der Waals surface area contributed by atoms with Crippen LogP contribution in [0.2, 0.25) is 0 Å². The van der Waals surface area contributed by atoms with E-state index in [4.69, 9.17) is 0 Å². The SMILES string of the molecule is CS(=O)(=O)NC1CCN(C(=O)CCC2CCNCC2)C1. The van der Waals surface area contributed by atoms with E-state index < -0.39 is 10.0 Å². The van der Waals surface area contributed by atoms with Gasteiger partial charge in [0.05, 0.1) is 6.26 Å². The zero-order valence-corrected chi connectivity index (χ0v) is 12.9. The second-order valence-corrected chi connectivity index (χ2v) is 7.73. The molecule has 20 heavy (non-hydrogen) atoms. The number of amides is 1. The topological polar surface area (TPSA) is 78.5 Å². The van der Waals surface area contributed by atoms with Crippen molar-refractivity contribution in [2.24, 2.45) is 5.92 Å². The van der Waals surface area contributed by atoms with Gasteiger partial charge in [0.25, 0.3) is 0 Å². The summed E-state index contributed by atoms with van der Waals surface area (Å²) < 4.78 is 24.9. The molecule has 0 aromatic carbocycles. The van der Waals surface area contributed by atoms with Gasteiger partial charge in [-0.2, -0.15) is 0 Å². The summed E-state index contributed by atoms with van der Waals surface area (Å²) in [6, 6.07) is -0.118. The van der Waals surface area contributed by atoms with Crippen molar-refractivity contribution in [3.05, 3.63) is 0 Å². The second kappa shape index (κ2) is 6.87. The summed E-state index contributed by atoms with van der Waals surface area (Å²) in [5.74, 6) is 0.828. The fraction of sp³-hybridized carbons (Fsp3) is 0.923. The Kier molecular flexibility index (Phi) is 5.40. The largest absolute Gasteiger partial charge is 0.341 e. The summed E-state index contributed by atoms with van der Waals surface area (Å²) >= 11 is 0. The molecule has 116 valence electrons. The van der Waals surface area contributed by atoms with Gasteiger partial charge in [0.15, 0.2) is 0 Å². The summed E-state index contributed by atoms with van der Waals surface area (Å²) in [6.45, 7) is 3.29. The molecule has 2 heterocycles. The van der Waals surface area contributed by atoms with Crippen LogP contribution >= 0.6 is 0 Å². The van der Waals surface area contributed by atoms with E-state index in [1.54, 1.807) is 4.90 Å². The third kappa shape index (κ3) is 5.03. The molecular weight excluding hydrogens is 278 g/mol. The molecule has 0 saturated carbocycles. The van der Waals surface area contributed by atoms with Gasteiger partial charge in [0.2, 0.25) is 15.9 Å². The quantitative estimate of drug-likeness (QED) is 0.744. The molecule has 0 bridgehead atoms. The fourth-order valence-corrected chi connectivity index (χ4v) is 3.84. The van der Waals surface area contributed by atoms with Crippen LogP contribution in [0.4, 0.5) is 0 Å². The van der Waals surface area contributed by atoms with E-state index in [1.165, 1.54) is 0 Å². The second-order valence-electron chi connectivity index (χ2n) is 5.95. The van der Waals surface area contributed by atoms with Crippen LogP contribution in [0.25, 0.3) is 0 Å². The molecule has 0 radical (unpaired) electrons. The van der Waals surface area contributed by atoms with Gasteiger partial charge in [-0.15, -0.1) is 0 Å². The van der Waals surface area contributed by atoms with Gasteiger partial charge < -0.3 is 10.2 Å². The van der Waals surface area contributed by atoms with Crippen LogP contribution in [0, 0.1) is 5.92 Å². The molecule has 7 heteroatoms. The van der Waals surface area contributed by atoms with E-state index >= 15 is 0 Å². The standard InChI is InChI=1S/C13H25N3O3S/c1-20(18,19)15-12-6-9-16(10-12)13(17)3-2-11-4-7-14-8-5-11/h11-12,14-15H,2-10H2,1H3. The fourth-order valence-electron chi connectivity index (χ4n) is 3.04. The minimum Gasteiger partial charge on any atom is -0.341 e. The van der Waals surface area contributed by atoms with Crippen LogP contribution in [0.3, 0.4) is 0 Å². The Morgan fingerprint density at radius 2 is 2.00 bits per heavy atom. The van der Waals surface area contributed by atoms with Gasteiger partial charge in [-0.05, 0) is 44.7 Å². The number of carbonyl (C=O) groups excluding carboxylic acids is 1. The molecule has 0 spiro atoms. The Labute approximate surface area is 121 Å². The maximum atomic E-state index is 12.1. The van der Waals surface area contributed by atoms with E-state index in [9.17, 15) is 13.2 Å². The maximum absolute atomic E-state index is 12.1. The van der Waals surface area contributed by atoms with Gasteiger partial charge in [0.1, 0.15) is 0 Å². The Bertz CT molecular complexity index is 432. The Morgan fingerprint density at radius 3 is 2.65 bits per heavy atom. The van der Waals surface area contributed by atoms with Crippen molar-refractivity contribution < 1.29 is 13.2 Å². The van der Waals surface area contributed by atoms with Gasteiger partial charge in [0, 0.05) is 25.6 Å². The summed E-state index contributed by atoms with van der Waals surface area (Å²) in [5.41, 5.74) is 0. The molecule has 2 fully saturated rings. The molecule has 0 aromatic rings. The number of carbonyl (C=O) groups is 1. The lowest BCUT2D eigenvalue weighted by atomic mass is 9.93. The lowest BCUT2D eigenvalue weighted by Gasteiger charge is -2.23. The first-order chi connectivity index (χ1) is 9.44. The molecule has 1 amide bonds. The summed E-state index contributed by atoms with van der Waals surface area (Å²) in [7, 11) is -3.18. The van der Waals surface area contributed by atoms with E-state index in [-0.39, 0.29) is 11.9 Å². The molecule has 0 aromatic heterocycles. The average molecular weight is 303 g/mol. The maximum Gasteiger partial charge on any atom is 0.222 e. The lowest BCUT2D eigenvalue weighted by molar-refractivity contribution is -0.130. The highest BCUT2D eigenvalue weighted by Crippen LogP contribution is 2.19. The minimum absolute atomic E-state index is 0.118. The highest BCUT2D eigenvalue weighted by atomic mass is 32.2. The molecule has 2 N–H and O–H groups in total. The number of likely N-dealkylation sites (tertiary alicyclic amines) is 1. The first kappa shape index (κ1) is 15.7. The van der Waals surface area contributed by atoms with Crippen molar-refractivity contribution >= 4 is 15.9 Å².